The molecular weight excluding hydrogens is 427 g/mol. The zero-order valence-electron chi connectivity index (χ0n) is 17.6. The number of carboxylic acids is 1. The zero-order chi connectivity index (χ0) is 24.3. The smallest absolute Gasteiger partial charge is 0.475 e. The van der Waals surface area contributed by atoms with Crippen LogP contribution in [-0.2, 0) is 20.8 Å². The van der Waals surface area contributed by atoms with Crippen LogP contribution in [0.2, 0.25) is 0 Å². The van der Waals surface area contributed by atoms with Crippen molar-refractivity contribution in [3.63, 3.8) is 0 Å². The number of carboxylic acid groups (broad SMARTS) is 1. The highest BCUT2D eigenvalue weighted by atomic mass is 19.4. The number of benzene rings is 2. The summed E-state index contributed by atoms with van der Waals surface area (Å²) >= 11 is 0. The molecule has 2 aromatic carbocycles. The molecular formula is C22H26F3N3O4. The molecule has 0 aliphatic carbocycles. The number of halogens is 3. The van der Waals surface area contributed by atoms with Crippen LogP contribution in [-0.4, -0.2) is 41.2 Å². The highest BCUT2D eigenvalue weighted by Gasteiger charge is 2.38. The van der Waals surface area contributed by atoms with E-state index in [0.717, 1.165) is 11.1 Å². The summed E-state index contributed by atoms with van der Waals surface area (Å²) in [7, 11) is 0. The second-order valence-corrected chi connectivity index (χ2v) is 6.97. The molecule has 10 heteroatoms. The normalized spacial score (nSPS) is 13.6. The summed E-state index contributed by atoms with van der Waals surface area (Å²) < 4.78 is 31.7. The predicted molar refractivity (Wildman–Crippen MR) is 112 cm³/mol. The SMILES string of the molecule is C[C@H](NC(=O)[C@@H](N)Cc1ccccc1)C(=O)N[C@@H](C)c1ccccc1.O=C(O)C(F)(F)F. The molecule has 0 saturated heterocycles. The third kappa shape index (κ3) is 9.61. The van der Waals surface area contributed by atoms with Gasteiger partial charge in [0, 0.05) is 0 Å². The van der Waals surface area contributed by atoms with Gasteiger partial charge in [-0.1, -0.05) is 60.7 Å². The number of alkyl halides is 3. The zero-order valence-corrected chi connectivity index (χ0v) is 17.6. The molecule has 174 valence electrons. The van der Waals surface area contributed by atoms with E-state index in [1.807, 2.05) is 67.6 Å². The van der Waals surface area contributed by atoms with Crippen molar-refractivity contribution in [3.8, 4) is 0 Å². The van der Waals surface area contributed by atoms with Gasteiger partial charge in [0.2, 0.25) is 11.8 Å². The Morgan fingerprint density at radius 3 is 1.84 bits per heavy atom. The van der Waals surface area contributed by atoms with Crippen molar-refractivity contribution in [1.82, 2.24) is 10.6 Å². The van der Waals surface area contributed by atoms with Crippen molar-refractivity contribution in [2.24, 2.45) is 5.73 Å². The molecule has 0 heterocycles. The molecule has 0 unspecified atom stereocenters. The molecule has 0 aromatic heterocycles. The van der Waals surface area contributed by atoms with E-state index in [-0.39, 0.29) is 17.9 Å². The van der Waals surface area contributed by atoms with Gasteiger partial charge in [-0.05, 0) is 31.4 Å². The van der Waals surface area contributed by atoms with Crippen molar-refractivity contribution < 1.29 is 32.7 Å². The highest BCUT2D eigenvalue weighted by molar-refractivity contribution is 5.89. The number of rotatable bonds is 7. The molecule has 0 spiro atoms. The number of nitrogens with two attached hydrogens (primary N) is 1. The standard InChI is InChI=1S/C20H25N3O2.C2HF3O2/c1-14(17-11-7-4-8-12-17)22-19(24)15(2)23-20(25)18(21)13-16-9-5-3-6-10-16;3-2(4,5)1(6)7/h3-12,14-15,18H,13,21H2,1-2H3,(H,22,24)(H,23,25);(H,6,7)/t14-,15-,18-;/m0./s1. The van der Waals surface area contributed by atoms with Crippen LogP contribution >= 0.6 is 0 Å². The van der Waals surface area contributed by atoms with Crippen LogP contribution in [0.3, 0.4) is 0 Å². The number of aliphatic carboxylic acids is 1. The average molecular weight is 453 g/mol. The maximum absolute atomic E-state index is 12.3. The molecule has 3 atom stereocenters. The third-order valence-electron chi connectivity index (χ3n) is 4.29. The summed E-state index contributed by atoms with van der Waals surface area (Å²) in [5.41, 5.74) is 7.94. The summed E-state index contributed by atoms with van der Waals surface area (Å²) in [5, 5.41) is 12.7. The van der Waals surface area contributed by atoms with Crippen LogP contribution in [0.5, 0.6) is 0 Å². The van der Waals surface area contributed by atoms with Crippen LogP contribution in [0.4, 0.5) is 13.2 Å². The lowest BCUT2D eigenvalue weighted by atomic mass is 10.1. The molecule has 0 aliphatic rings. The lowest BCUT2D eigenvalue weighted by Gasteiger charge is -2.20. The fraction of sp³-hybridized carbons (Fsp3) is 0.318. The molecule has 0 bridgehead atoms. The van der Waals surface area contributed by atoms with Crippen LogP contribution in [0.15, 0.2) is 60.7 Å². The molecule has 2 rings (SSSR count). The van der Waals surface area contributed by atoms with E-state index < -0.39 is 24.2 Å². The molecule has 0 radical (unpaired) electrons. The van der Waals surface area contributed by atoms with E-state index in [1.165, 1.54) is 0 Å². The Labute approximate surface area is 183 Å². The van der Waals surface area contributed by atoms with E-state index >= 15 is 0 Å². The molecule has 0 aliphatic heterocycles. The number of carbonyl (C=O) groups excluding carboxylic acids is 2. The quantitative estimate of drug-likeness (QED) is 0.513. The summed E-state index contributed by atoms with van der Waals surface area (Å²) in [5.74, 6) is -3.33. The minimum absolute atomic E-state index is 0.133. The molecule has 2 aromatic rings. The maximum Gasteiger partial charge on any atom is 0.490 e. The summed E-state index contributed by atoms with van der Waals surface area (Å²) in [4.78, 5) is 33.4. The van der Waals surface area contributed by atoms with Crippen molar-refractivity contribution >= 4 is 17.8 Å². The second-order valence-electron chi connectivity index (χ2n) is 6.97. The minimum Gasteiger partial charge on any atom is -0.475 e. The van der Waals surface area contributed by atoms with Gasteiger partial charge in [0.25, 0.3) is 0 Å². The third-order valence-corrected chi connectivity index (χ3v) is 4.29. The number of amides is 2. The first-order chi connectivity index (χ1) is 14.9. The predicted octanol–water partition coefficient (Wildman–Crippen LogP) is 2.57. The second kappa shape index (κ2) is 12.5. The van der Waals surface area contributed by atoms with Crippen molar-refractivity contribution in [2.45, 2.75) is 44.6 Å². The van der Waals surface area contributed by atoms with Gasteiger partial charge in [0.1, 0.15) is 6.04 Å². The fourth-order valence-electron chi connectivity index (χ4n) is 2.51. The molecule has 32 heavy (non-hydrogen) atoms. The summed E-state index contributed by atoms with van der Waals surface area (Å²) in [6.45, 7) is 3.56. The van der Waals surface area contributed by atoms with Crippen LogP contribution in [0.1, 0.15) is 31.0 Å². The van der Waals surface area contributed by atoms with Gasteiger partial charge in [-0.25, -0.2) is 4.79 Å². The first-order valence-electron chi connectivity index (χ1n) is 9.67. The Bertz CT molecular complexity index is 877. The van der Waals surface area contributed by atoms with Gasteiger partial charge in [0.05, 0.1) is 12.1 Å². The van der Waals surface area contributed by atoms with Crippen LogP contribution < -0.4 is 16.4 Å². The van der Waals surface area contributed by atoms with Crippen LogP contribution in [0, 0.1) is 0 Å². The van der Waals surface area contributed by atoms with Gasteiger partial charge < -0.3 is 21.5 Å². The van der Waals surface area contributed by atoms with E-state index in [1.54, 1.807) is 6.92 Å². The van der Waals surface area contributed by atoms with Crippen molar-refractivity contribution in [3.05, 3.63) is 71.8 Å². The lowest BCUT2D eigenvalue weighted by Crippen LogP contribution is -2.51. The highest BCUT2D eigenvalue weighted by Crippen LogP contribution is 2.13. The Morgan fingerprint density at radius 2 is 1.38 bits per heavy atom. The van der Waals surface area contributed by atoms with Gasteiger partial charge >= 0.3 is 12.1 Å². The number of nitrogens with one attached hydrogen (secondary N) is 2. The van der Waals surface area contributed by atoms with E-state index in [0.29, 0.717) is 6.42 Å². The largest absolute Gasteiger partial charge is 0.490 e. The Morgan fingerprint density at radius 1 is 0.906 bits per heavy atom. The van der Waals surface area contributed by atoms with Gasteiger partial charge in [-0.15, -0.1) is 0 Å². The molecule has 7 nitrogen and oxygen atoms in total. The van der Waals surface area contributed by atoms with E-state index in [9.17, 15) is 22.8 Å². The first-order valence-corrected chi connectivity index (χ1v) is 9.67. The van der Waals surface area contributed by atoms with Gasteiger partial charge in [-0.2, -0.15) is 13.2 Å². The topological polar surface area (TPSA) is 122 Å². The summed E-state index contributed by atoms with van der Waals surface area (Å²) in [6, 6.07) is 17.8. The molecule has 0 saturated carbocycles. The van der Waals surface area contributed by atoms with Gasteiger partial charge in [-0.3, -0.25) is 9.59 Å². The number of hydrogen-bond donors (Lipinski definition) is 4. The number of hydrogen-bond acceptors (Lipinski definition) is 4. The Balaban J connectivity index is 0.000000633. The van der Waals surface area contributed by atoms with E-state index in [4.69, 9.17) is 15.6 Å². The van der Waals surface area contributed by atoms with E-state index in [2.05, 4.69) is 10.6 Å². The molecule has 2 amide bonds. The lowest BCUT2D eigenvalue weighted by molar-refractivity contribution is -0.192. The number of carbonyl (C=O) groups is 3. The minimum atomic E-state index is -5.08. The Hall–Kier alpha value is -3.40. The first kappa shape index (κ1) is 26.6. The fourth-order valence-corrected chi connectivity index (χ4v) is 2.51. The van der Waals surface area contributed by atoms with Crippen LogP contribution in [0.25, 0.3) is 0 Å². The Kier molecular flexibility index (Phi) is 10.4. The summed E-state index contributed by atoms with van der Waals surface area (Å²) in [6.07, 6.45) is -4.65. The van der Waals surface area contributed by atoms with Gasteiger partial charge in [0.15, 0.2) is 0 Å². The van der Waals surface area contributed by atoms with Crippen molar-refractivity contribution in [2.75, 3.05) is 0 Å². The molecule has 0 fully saturated rings. The monoisotopic (exact) mass is 453 g/mol. The average Bonchev–Trinajstić information content (AvgIpc) is 2.74. The maximum atomic E-state index is 12.3. The van der Waals surface area contributed by atoms with Crippen molar-refractivity contribution in [1.29, 1.82) is 0 Å². The molecule has 5 N–H and O–H groups in total.